The van der Waals surface area contributed by atoms with Crippen molar-refractivity contribution in [1.29, 1.82) is 0 Å². The molecule has 17 heavy (non-hydrogen) atoms. The van der Waals surface area contributed by atoms with Crippen molar-refractivity contribution in [3.63, 3.8) is 0 Å². The van der Waals surface area contributed by atoms with E-state index in [0.29, 0.717) is 5.92 Å². The third kappa shape index (κ3) is 1.38. The molecule has 0 aromatic carbocycles. The highest BCUT2D eigenvalue weighted by Gasteiger charge is 2.34. The van der Waals surface area contributed by atoms with E-state index in [9.17, 15) is 0 Å². The van der Waals surface area contributed by atoms with Crippen LogP contribution in [0.2, 0.25) is 0 Å². The van der Waals surface area contributed by atoms with Crippen LogP contribution < -0.4 is 0 Å². The number of aromatic nitrogens is 1. The molecule has 1 unspecified atom stereocenters. The summed E-state index contributed by atoms with van der Waals surface area (Å²) in [6, 6.07) is 2.14. The van der Waals surface area contributed by atoms with Gasteiger partial charge in [0.05, 0.1) is 5.69 Å². The van der Waals surface area contributed by atoms with Gasteiger partial charge in [0.25, 0.3) is 0 Å². The van der Waals surface area contributed by atoms with Crippen LogP contribution in [0.5, 0.6) is 0 Å². The number of allylic oxidation sites excluding steroid dienone is 2. The molecular formula is C14H15N3. The van der Waals surface area contributed by atoms with E-state index in [2.05, 4.69) is 27.9 Å². The molecule has 86 valence electrons. The van der Waals surface area contributed by atoms with Crippen LogP contribution in [-0.2, 0) is 6.42 Å². The van der Waals surface area contributed by atoms with Crippen molar-refractivity contribution in [3.05, 3.63) is 47.3 Å². The third-order valence-electron chi connectivity index (χ3n) is 3.66. The van der Waals surface area contributed by atoms with Crippen molar-refractivity contribution >= 4 is 5.70 Å². The number of hydrogen-bond acceptors (Lipinski definition) is 3. The van der Waals surface area contributed by atoms with Crippen molar-refractivity contribution in [2.45, 2.75) is 25.2 Å². The van der Waals surface area contributed by atoms with Crippen LogP contribution in [-0.4, -0.2) is 12.0 Å². The van der Waals surface area contributed by atoms with Gasteiger partial charge in [-0.25, -0.2) is 0 Å². The van der Waals surface area contributed by atoms with Gasteiger partial charge < -0.3 is 0 Å². The molecule has 0 bridgehead atoms. The zero-order chi connectivity index (χ0) is 11.8. The highest BCUT2D eigenvalue weighted by atomic mass is 15.1. The van der Waals surface area contributed by atoms with Crippen LogP contribution in [0.1, 0.15) is 35.6 Å². The lowest BCUT2D eigenvalue weighted by Crippen LogP contribution is -2.09. The average molecular weight is 225 g/mol. The summed E-state index contributed by atoms with van der Waals surface area (Å²) in [6.45, 7) is 3.92. The van der Waals surface area contributed by atoms with Gasteiger partial charge in [-0.15, -0.1) is 0 Å². The number of aryl methyl sites for hydroxylation is 1. The molecule has 3 nitrogen and oxygen atoms in total. The molecule has 2 aliphatic carbocycles. The molecule has 1 aromatic heterocycles. The molecule has 0 saturated carbocycles. The molecule has 3 heteroatoms. The second kappa shape index (κ2) is 3.91. The van der Waals surface area contributed by atoms with Gasteiger partial charge in [0.15, 0.2) is 0 Å². The maximum atomic E-state index is 4.49. The first kappa shape index (κ1) is 10.4. The van der Waals surface area contributed by atoms with Crippen molar-refractivity contribution in [1.82, 2.24) is 4.98 Å². The summed E-state index contributed by atoms with van der Waals surface area (Å²) in [4.78, 5) is 4.49. The molecule has 3 rings (SSSR count). The summed E-state index contributed by atoms with van der Waals surface area (Å²) in [5.74, 6) is 0.445. The van der Waals surface area contributed by atoms with E-state index in [-0.39, 0.29) is 0 Å². The Kier molecular flexibility index (Phi) is 2.39. The van der Waals surface area contributed by atoms with Crippen molar-refractivity contribution in [2.24, 2.45) is 10.2 Å². The Hall–Kier alpha value is -1.77. The zero-order valence-electron chi connectivity index (χ0n) is 9.98. The average Bonchev–Trinajstić information content (AvgIpc) is 2.67. The van der Waals surface area contributed by atoms with Gasteiger partial charge in [-0.3, -0.25) is 4.98 Å². The number of nitrogens with zero attached hydrogens (tertiary/aromatic N) is 3. The van der Waals surface area contributed by atoms with Gasteiger partial charge in [-0.1, -0.05) is 12.7 Å². The molecule has 0 spiro atoms. The molecule has 0 aliphatic heterocycles. The number of pyridine rings is 1. The van der Waals surface area contributed by atoms with Crippen LogP contribution in [0, 0.1) is 0 Å². The van der Waals surface area contributed by atoms with Crippen molar-refractivity contribution in [2.75, 3.05) is 7.05 Å². The van der Waals surface area contributed by atoms with Crippen LogP contribution in [0.25, 0.3) is 5.70 Å². The van der Waals surface area contributed by atoms with Gasteiger partial charge in [-0.05, 0) is 42.0 Å². The van der Waals surface area contributed by atoms with E-state index >= 15 is 0 Å². The van der Waals surface area contributed by atoms with Gasteiger partial charge in [0.2, 0.25) is 0 Å². The fraction of sp³-hybridized carbons (Fsp3) is 0.357. The predicted octanol–water partition coefficient (Wildman–Crippen LogP) is 3.49. The Morgan fingerprint density at radius 1 is 1.53 bits per heavy atom. The van der Waals surface area contributed by atoms with E-state index in [1.54, 1.807) is 7.05 Å². The Labute approximate surface area is 101 Å². The standard InChI is InChI=1S/C14H15N3/c1-3-10-11-6-4-5-9-7-8-16-14(12(9)11)13(10)17-15-2/h3,7-8,11H,1,4-6H2,2H3/b17-15-. The molecular weight excluding hydrogens is 210 g/mol. The lowest BCUT2D eigenvalue weighted by Gasteiger charge is -2.22. The van der Waals surface area contributed by atoms with Crippen LogP contribution in [0.15, 0.2) is 40.7 Å². The van der Waals surface area contributed by atoms with Crippen LogP contribution in [0.4, 0.5) is 0 Å². The second-order valence-corrected chi connectivity index (χ2v) is 4.49. The highest BCUT2D eigenvalue weighted by molar-refractivity contribution is 5.78. The van der Waals surface area contributed by atoms with Crippen LogP contribution >= 0.6 is 0 Å². The topological polar surface area (TPSA) is 37.6 Å². The Balaban J connectivity index is 2.27. The minimum absolute atomic E-state index is 0.445. The maximum absolute atomic E-state index is 4.49. The molecule has 1 atom stereocenters. The monoisotopic (exact) mass is 225 g/mol. The van der Waals surface area contributed by atoms with Crippen molar-refractivity contribution in [3.8, 4) is 0 Å². The first-order valence-corrected chi connectivity index (χ1v) is 6.01. The van der Waals surface area contributed by atoms with Gasteiger partial charge >= 0.3 is 0 Å². The lowest BCUT2D eigenvalue weighted by molar-refractivity contribution is 0.621. The summed E-state index contributed by atoms with van der Waals surface area (Å²) in [7, 11) is 1.70. The van der Waals surface area contributed by atoms with E-state index in [4.69, 9.17) is 0 Å². The van der Waals surface area contributed by atoms with Crippen molar-refractivity contribution < 1.29 is 0 Å². The fourth-order valence-electron chi connectivity index (χ4n) is 3.01. The van der Waals surface area contributed by atoms with E-state index in [1.165, 1.54) is 29.5 Å². The van der Waals surface area contributed by atoms with Gasteiger partial charge in [-0.2, -0.15) is 10.2 Å². The molecule has 0 saturated heterocycles. The molecule has 2 aliphatic rings. The third-order valence-corrected chi connectivity index (χ3v) is 3.66. The first-order valence-electron chi connectivity index (χ1n) is 6.01. The van der Waals surface area contributed by atoms with E-state index in [0.717, 1.165) is 17.8 Å². The molecule has 0 amide bonds. The quantitative estimate of drug-likeness (QED) is 0.710. The number of hydrogen-bond donors (Lipinski definition) is 0. The summed E-state index contributed by atoms with van der Waals surface area (Å²) >= 11 is 0. The second-order valence-electron chi connectivity index (χ2n) is 4.49. The molecule has 0 radical (unpaired) electrons. The van der Waals surface area contributed by atoms with E-state index in [1.807, 2.05) is 12.3 Å². The minimum Gasteiger partial charge on any atom is -0.254 e. The summed E-state index contributed by atoms with van der Waals surface area (Å²) in [5.41, 5.74) is 5.94. The molecule has 0 fully saturated rings. The van der Waals surface area contributed by atoms with E-state index < -0.39 is 0 Å². The largest absolute Gasteiger partial charge is 0.254 e. The Morgan fingerprint density at radius 3 is 3.18 bits per heavy atom. The SMILES string of the molecule is C=CC1=C(/N=N\C)c2nccc3c2C1CCC3. The Morgan fingerprint density at radius 2 is 2.41 bits per heavy atom. The highest BCUT2D eigenvalue weighted by Crippen LogP contribution is 2.48. The fourth-order valence-corrected chi connectivity index (χ4v) is 3.01. The predicted molar refractivity (Wildman–Crippen MR) is 67.8 cm³/mol. The Bertz CT molecular complexity index is 540. The molecule has 0 N–H and O–H groups in total. The lowest BCUT2D eigenvalue weighted by atomic mass is 9.82. The van der Waals surface area contributed by atoms with Gasteiger partial charge in [0.1, 0.15) is 5.70 Å². The maximum Gasteiger partial charge on any atom is 0.115 e. The normalized spacial score (nSPS) is 22.1. The van der Waals surface area contributed by atoms with Crippen LogP contribution in [0.3, 0.4) is 0 Å². The zero-order valence-corrected chi connectivity index (χ0v) is 9.98. The summed E-state index contributed by atoms with van der Waals surface area (Å²) < 4.78 is 0. The smallest absolute Gasteiger partial charge is 0.115 e. The minimum atomic E-state index is 0.445. The summed E-state index contributed by atoms with van der Waals surface area (Å²) in [5, 5.41) is 8.17. The first-order chi connectivity index (χ1) is 8.36. The van der Waals surface area contributed by atoms with Gasteiger partial charge in [0, 0.05) is 19.2 Å². The number of azo groups is 1. The summed E-state index contributed by atoms with van der Waals surface area (Å²) in [6.07, 6.45) is 7.37. The molecule has 1 aromatic rings. The molecule has 1 heterocycles. The number of rotatable bonds is 2.